The van der Waals surface area contributed by atoms with Crippen LogP contribution in [0.15, 0.2) is 12.2 Å². The molecule has 0 spiro atoms. The highest BCUT2D eigenvalue weighted by atomic mass is 31.0. The summed E-state index contributed by atoms with van der Waals surface area (Å²) >= 11 is 0. The molecule has 1 rings (SSSR count). The Hall–Kier alpha value is -1.06. The number of hydrogen-bond acceptors (Lipinski definition) is 4. The fourth-order valence-electron chi connectivity index (χ4n) is 1.08. The molecule has 0 fully saturated rings. The van der Waals surface area contributed by atoms with Crippen LogP contribution in [-0.4, -0.2) is 42.0 Å². The second-order valence-corrected chi connectivity index (χ2v) is 3.63. The summed E-state index contributed by atoms with van der Waals surface area (Å²) in [7, 11) is 2.05. The lowest BCUT2D eigenvalue weighted by Crippen LogP contribution is -2.33. The largest absolute Gasteiger partial charge is 0.379 e. The molecule has 0 aliphatic carbocycles. The first-order chi connectivity index (χ1) is 7.11. The first kappa shape index (κ1) is 12.0. The summed E-state index contributed by atoms with van der Waals surface area (Å²) in [6.45, 7) is 0.804. The maximum Gasteiger partial charge on any atom is 0.253 e. The predicted molar refractivity (Wildman–Crippen MR) is 56.0 cm³/mol. The molecule has 0 saturated carbocycles. The van der Waals surface area contributed by atoms with Gasteiger partial charge in [-0.05, 0) is 0 Å². The van der Waals surface area contributed by atoms with Crippen molar-refractivity contribution in [1.29, 1.82) is 0 Å². The van der Waals surface area contributed by atoms with Crippen LogP contribution in [0.25, 0.3) is 0 Å². The third-order valence-electron chi connectivity index (χ3n) is 1.85. The van der Waals surface area contributed by atoms with Crippen LogP contribution < -0.4 is 0 Å². The molecule has 0 saturated heterocycles. The molecule has 0 N–H and O–H groups in total. The third-order valence-corrected chi connectivity index (χ3v) is 2.14. The van der Waals surface area contributed by atoms with Crippen LogP contribution in [0.1, 0.15) is 6.42 Å². The number of amides is 2. The Morgan fingerprint density at radius 1 is 1.27 bits per heavy atom. The number of carbonyl (C=O) groups is 3. The molecule has 0 bridgehead atoms. The van der Waals surface area contributed by atoms with Gasteiger partial charge in [0.2, 0.25) is 0 Å². The van der Waals surface area contributed by atoms with Gasteiger partial charge in [-0.2, -0.15) is 0 Å². The second-order valence-electron chi connectivity index (χ2n) is 2.99. The van der Waals surface area contributed by atoms with Crippen LogP contribution in [-0.2, 0) is 19.1 Å². The standard InChI is InChI=1S/C9H12NO4P/c11-7-1-2-8(12)10(7)4-6-14-5-3-9(13)15/h1-2H,3-6,15H2. The van der Waals surface area contributed by atoms with Gasteiger partial charge >= 0.3 is 0 Å². The first-order valence-corrected chi connectivity index (χ1v) is 5.08. The predicted octanol–water partition coefficient (Wildman–Crippen LogP) is -0.280. The molecule has 0 aromatic rings. The van der Waals surface area contributed by atoms with Crippen molar-refractivity contribution in [1.82, 2.24) is 4.90 Å². The zero-order chi connectivity index (χ0) is 11.3. The van der Waals surface area contributed by atoms with Crippen molar-refractivity contribution >= 4 is 26.6 Å². The molecule has 0 aromatic carbocycles. The van der Waals surface area contributed by atoms with Crippen molar-refractivity contribution in [3.63, 3.8) is 0 Å². The summed E-state index contributed by atoms with van der Waals surface area (Å²) in [5.41, 5.74) is -0.0232. The van der Waals surface area contributed by atoms with Crippen molar-refractivity contribution < 1.29 is 19.1 Å². The Balaban J connectivity index is 2.13. The lowest BCUT2D eigenvalue weighted by atomic mass is 10.5. The van der Waals surface area contributed by atoms with E-state index in [2.05, 4.69) is 9.24 Å². The average molecular weight is 229 g/mol. The number of imide groups is 1. The fourth-order valence-corrected chi connectivity index (χ4v) is 1.20. The fraction of sp³-hybridized carbons (Fsp3) is 0.444. The summed E-state index contributed by atoms with van der Waals surface area (Å²) in [5.74, 6) is -0.628. The minimum absolute atomic E-state index is 0.0232. The lowest BCUT2D eigenvalue weighted by molar-refractivity contribution is -0.137. The molecule has 2 amide bonds. The molecule has 15 heavy (non-hydrogen) atoms. The number of carbonyl (C=O) groups excluding carboxylic acids is 3. The van der Waals surface area contributed by atoms with Crippen molar-refractivity contribution in [2.45, 2.75) is 6.42 Å². The van der Waals surface area contributed by atoms with Gasteiger partial charge < -0.3 is 4.74 Å². The molecule has 1 unspecified atom stereocenters. The summed E-state index contributed by atoms with van der Waals surface area (Å²) in [6, 6.07) is 0. The van der Waals surface area contributed by atoms with E-state index >= 15 is 0 Å². The average Bonchev–Trinajstić information content (AvgIpc) is 2.47. The van der Waals surface area contributed by atoms with Crippen LogP contribution in [0.2, 0.25) is 0 Å². The quantitative estimate of drug-likeness (QED) is 0.357. The van der Waals surface area contributed by atoms with Crippen LogP contribution in [0.4, 0.5) is 0 Å². The van der Waals surface area contributed by atoms with E-state index in [-0.39, 0.29) is 30.5 Å². The SMILES string of the molecule is O=C(P)CCOCCN1C(=O)C=CC1=O. The van der Waals surface area contributed by atoms with Gasteiger partial charge in [0.1, 0.15) is 0 Å². The molecule has 0 radical (unpaired) electrons. The Kier molecular flexibility index (Phi) is 4.59. The zero-order valence-corrected chi connectivity index (χ0v) is 9.30. The number of rotatable bonds is 6. The van der Waals surface area contributed by atoms with E-state index in [0.717, 1.165) is 4.90 Å². The molecule has 1 heterocycles. The lowest BCUT2D eigenvalue weighted by Gasteiger charge is -2.13. The molecule has 1 aliphatic heterocycles. The molecule has 0 aromatic heterocycles. The van der Waals surface area contributed by atoms with Crippen LogP contribution in [0.5, 0.6) is 0 Å². The third kappa shape index (κ3) is 3.90. The summed E-state index contributed by atoms with van der Waals surface area (Å²) < 4.78 is 5.10. The topological polar surface area (TPSA) is 63.7 Å². The highest BCUT2D eigenvalue weighted by Gasteiger charge is 2.22. The van der Waals surface area contributed by atoms with Crippen molar-refractivity contribution in [3.05, 3.63) is 12.2 Å². The van der Waals surface area contributed by atoms with Gasteiger partial charge in [-0.15, -0.1) is 0 Å². The van der Waals surface area contributed by atoms with E-state index in [4.69, 9.17) is 4.74 Å². The summed E-state index contributed by atoms with van der Waals surface area (Å²) in [5, 5.41) is 0. The summed E-state index contributed by atoms with van der Waals surface area (Å²) in [6.07, 6.45) is 2.79. The molecule has 5 nitrogen and oxygen atoms in total. The van der Waals surface area contributed by atoms with E-state index in [0.29, 0.717) is 13.0 Å². The van der Waals surface area contributed by atoms with Gasteiger partial charge in [0.25, 0.3) is 11.8 Å². The van der Waals surface area contributed by atoms with E-state index < -0.39 is 0 Å². The zero-order valence-electron chi connectivity index (χ0n) is 8.14. The number of nitrogens with zero attached hydrogens (tertiary/aromatic N) is 1. The highest BCUT2D eigenvalue weighted by molar-refractivity contribution is 7.40. The van der Waals surface area contributed by atoms with E-state index in [9.17, 15) is 14.4 Å². The summed E-state index contributed by atoms with van der Waals surface area (Å²) in [4.78, 5) is 33.7. The molecule has 6 heteroatoms. The number of ether oxygens (including phenoxy) is 1. The second kappa shape index (κ2) is 5.73. The molecule has 82 valence electrons. The Labute approximate surface area is 89.7 Å². The maximum atomic E-state index is 11.1. The Bertz CT molecular complexity index is 295. The smallest absolute Gasteiger partial charge is 0.253 e. The van der Waals surface area contributed by atoms with Gasteiger partial charge in [-0.3, -0.25) is 19.3 Å². The molecular weight excluding hydrogens is 217 g/mol. The monoisotopic (exact) mass is 229 g/mol. The normalized spacial score (nSPS) is 15.1. The van der Waals surface area contributed by atoms with Crippen molar-refractivity contribution in [2.24, 2.45) is 0 Å². The minimum Gasteiger partial charge on any atom is -0.379 e. The molecule has 1 atom stereocenters. The van der Waals surface area contributed by atoms with Crippen LogP contribution in [0, 0.1) is 0 Å². The molecular formula is C9H12NO4P. The van der Waals surface area contributed by atoms with E-state index in [1.165, 1.54) is 12.2 Å². The van der Waals surface area contributed by atoms with Gasteiger partial charge in [-0.25, -0.2) is 0 Å². The minimum atomic E-state index is -0.314. The Morgan fingerprint density at radius 3 is 2.40 bits per heavy atom. The van der Waals surface area contributed by atoms with E-state index in [1.807, 2.05) is 0 Å². The first-order valence-electron chi connectivity index (χ1n) is 4.51. The van der Waals surface area contributed by atoms with Crippen molar-refractivity contribution in [2.75, 3.05) is 19.8 Å². The van der Waals surface area contributed by atoms with Gasteiger partial charge in [0.05, 0.1) is 19.8 Å². The van der Waals surface area contributed by atoms with Gasteiger partial charge in [0.15, 0.2) is 5.52 Å². The Morgan fingerprint density at radius 2 is 1.87 bits per heavy atom. The number of hydrogen-bond donors (Lipinski definition) is 0. The van der Waals surface area contributed by atoms with Crippen LogP contribution >= 0.6 is 9.24 Å². The highest BCUT2D eigenvalue weighted by Crippen LogP contribution is 2.02. The molecule has 1 aliphatic rings. The van der Waals surface area contributed by atoms with Gasteiger partial charge in [-0.1, -0.05) is 9.24 Å². The maximum absolute atomic E-state index is 11.1. The van der Waals surface area contributed by atoms with Crippen molar-refractivity contribution in [3.8, 4) is 0 Å². The van der Waals surface area contributed by atoms with Crippen LogP contribution in [0.3, 0.4) is 0 Å². The van der Waals surface area contributed by atoms with E-state index in [1.54, 1.807) is 0 Å². The van der Waals surface area contributed by atoms with Gasteiger partial charge in [0, 0.05) is 18.6 Å².